The summed E-state index contributed by atoms with van der Waals surface area (Å²) in [7, 11) is 1.57. The standard InChI is InChI=1S/C16H19N3O3/c1-4-22-13-6-5-12(9-14(13)21-3)10-18-19-15(17)7-11(2)8-16(19)20/h5-10H,4,17H2,1-3H3/b18-10-. The van der Waals surface area contributed by atoms with Crippen LogP contribution >= 0.6 is 0 Å². The fourth-order valence-electron chi connectivity index (χ4n) is 2.01. The second kappa shape index (κ2) is 6.80. The van der Waals surface area contributed by atoms with Crippen LogP contribution in [0.1, 0.15) is 18.1 Å². The van der Waals surface area contributed by atoms with Crippen LogP contribution in [0.5, 0.6) is 11.5 Å². The number of benzene rings is 1. The van der Waals surface area contributed by atoms with Crippen molar-refractivity contribution in [1.82, 2.24) is 4.68 Å². The van der Waals surface area contributed by atoms with E-state index in [1.165, 1.54) is 6.07 Å². The maximum absolute atomic E-state index is 11.9. The third-order valence-electron chi connectivity index (χ3n) is 2.99. The minimum atomic E-state index is -0.272. The summed E-state index contributed by atoms with van der Waals surface area (Å²) in [5.74, 6) is 1.56. The highest BCUT2D eigenvalue weighted by molar-refractivity contribution is 5.81. The maximum atomic E-state index is 11.9. The molecule has 2 aromatic rings. The Morgan fingerprint density at radius 1 is 1.27 bits per heavy atom. The van der Waals surface area contributed by atoms with E-state index in [1.54, 1.807) is 31.5 Å². The Morgan fingerprint density at radius 2 is 2.05 bits per heavy atom. The molecule has 22 heavy (non-hydrogen) atoms. The van der Waals surface area contributed by atoms with Crippen molar-refractivity contribution in [3.8, 4) is 11.5 Å². The Bertz CT molecular complexity index is 751. The quantitative estimate of drug-likeness (QED) is 0.857. The van der Waals surface area contributed by atoms with E-state index in [4.69, 9.17) is 15.2 Å². The van der Waals surface area contributed by atoms with Gasteiger partial charge in [0.1, 0.15) is 5.82 Å². The summed E-state index contributed by atoms with van der Waals surface area (Å²) in [5, 5.41) is 4.13. The third kappa shape index (κ3) is 3.46. The number of aromatic nitrogens is 1. The molecule has 1 aromatic heterocycles. The van der Waals surface area contributed by atoms with Gasteiger partial charge < -0.3 is 15.2 Å². The van der Waals surface area contributed by atoms with Gasteiger partial charge in [-0.05, 0) is 49.2 Å². The van der Waals surface area contributed by atoms with Crippen LogP contribution in [0.4, 0.5) is 5.82 Å². The number of nitrogens with zero attached hydrogens (tertiary/aromatic N) is 2. The number of methoxy groups -OCH3 is 1. The monoisotopic (exact) mass is 301 g/mol. The van der Waals surface area contributed by atoms with Gasteiger partial charge in [-0.2, -0.15) is 9.78 Å². The van der Waals surface area contributed by atoms with Crippen molar-refractivity contribution >= 4 is 12.0 Å². The van der Waals surface area contributed by atoms with E-state index in [2.05, 4.69) is 5.10 Å². The molecule has 0 fully saturated rings. The van der Waals surface area contributed by atoms with Gasteiger partial charge in [0.05, 0.1) is 19.9 Å². The number of rotatable bonds is 5. The van der Waals surface area contributed by atoms with Gasteiger partial charge in [0.25, 0.3) is 5.56 Å². The van der Waals surface area contributed by atoms with E-state index in [-0.39, 0.29) is 5.56 Å². The number of nitrogen functional groups attached to an aromatic ring is 1. The molecule has 1 heterocycles. The second-order valence-electron chi connectivity index (χ2n) is 4.70. The number of hydrogen-bond donors (Lipinski definition) is 1. The zero-order chi connectivity index (χ0) is 16.1. The lowest BCUT2D eigenvalue weighted by Gasteiger charge is -2.09. The maximum Gasteiger partial charge on any atom is 0.273 e. The largest absolute Gasteiger partial charge is 0.493 e. The molecule has 0 aliphatic rings. The first kappa shape index (κ1) is 15.6. The summed E-state index contributed by atoms with van der Waals surface area (Å²) >= 11 is 0. The Balaban J connectivity index is 2.33. The zero-order valence-corrected chi connectivity index (χ0v) is 12.9. The van der Waals surface area contributed by atoms with Crippen molar-refractivity contribution in [2.45, 2.75) is 13.8 Å². The molecule has 0 spiro atoms. The van der Waals surface area contributed by atoms with Crippen molar-refractivity contribution in [2.75, 3.05) is 19.5 Å². The number of anilines is 1. The smallest absolute Gasteiger partial charge is 0.273 e. The molecule has 0 radical (unpaired) electrons. The Kier molecular flexibility index (Phi) is 4.83. The lowest BCUT2D eigenvalue weighted by Crippen LogP contribution is -2.19. The average Bonchev–Trinajstić information content (AvgIpc) is 2.47. The minimum Gasteiger partial charge on any atom is -0.493 e. The van der Waals surface area contributed by atoms with Crippen LogP contribution in [0.3, 0.4) is 0 Å². The summed E-state index contributed by atoms with van der Waals surface area (Å²) < 4.78 is 11.9. The van der Waals surface area contributed by atoms with E-state index < -0.39 is 0 Å². The molecule has 6 nitrogen and oxygen atoms in total. The molecule has 0 bridgehead atoms. The van der Waals surface area contributed by atoms with Gasteiger partial charge in [-0.15, -0.1) is 0 Å². The number of aryl methyl sites for hydroxylation is 1. The summed E-state index contributed by atoms with van der Waals surface area (Å²) in [4.78, 5) is 11.9. The minimum absolute atomic E-state index is 0.272. The first-order valence-electron chi connectivity index (χ1n) is 6.89. The molecule has 2 N–H and O–H groups in total. The van der Waals surface area contributed by atoms with Gasteiger partial charge in [-0.3, -0.25) is 4.79 Å². The van der Waals surface area contributed by atoms with Crippen molar-refractivity contribution < 1.29 is 9.47 Å². The van der Waals surface area contributed by atoms with Crippen LogP contribution in [-0.4, -0.2) is 24.6 Å². The number of ether oxygens (including phenoxy) is 2. The van der Waals surface area contributed by atoms with Crippen LogP contribution in [0, 0.1) is 6.92 Å². The Labute approximate surface area is 128 Å². The molecule has 116 valence electrons. The molecule has 0 unspecified atom stereocenters. The first-order valence-corrected chi connectivity index (χ1v) is 6.89. The van der Waals surface area contributed by atoms with E-state index in [1.807, 2.05) is 19.9 Å². The highest BCUT2D eigenvalue weighted by Gasteiger charge is 2.05. The average molecular weight is 301 g/mol. The fraction of sp³-hybridized carbons (Fsp3) is 0.250. The first-order chi connectivity index (χ1) is 10.5. The predicted molar refractivity (Wildman–Crippen MR) is 87.0 cm³/mol. The summed E-state index contributed by atoms with van der Waals surface area (Å²) in [6.07, 6.45) is 1.55. The van der Waals surface area contributed by atoms with Gasteiger partial charge >= 0.3 is 0 Å². The molecule has 0 aliphatic heterocycles. The number of hydrogen-bond acceptors (Lipinski definition) is 5. The number of pyridine rings is 1. The molecule has 0 saturated heterocycles. The third-order valence-corrected chi connectivity index (χ3v) is 2.99. The van der Waals surface area contributed by atoms with Crippen LogP contribution in [0.15, 0.2) is 40.2 Å². The molecule has 6 heteroatoms. The van der Waals surface area contributed by atoms with Gasteiger partial charge in [0.2, 0.25) is 0 Å². The molecule has 0 atom stereocenters. The Hall–Kier alpha value is -2.76. The van der Waals surface area contributed by atoms with Crippen molar-refractivity contribution in [3.05, 3.63) is 51.8 Å². The highest BCUT2D eigenvalue weighted by atomic mass is 16.5. The summed E-state index contributed by atoms with van der Waals surface area (Å²) in [6.45, 7) is 4.27. The fourth-order valence-corrected chi connectivity index (χ4v) is 2.01. The van der Waals surface area contributed by atoms with Gasteiger partial charge in [0.15, 0.2) is 11.5 Å². The summed E-state index contributed by atoms with van der Waals surface area (Å²) in [5.41, 5.74) is 7.11. The second-order valence-corrected chi connectivity index (χ2v) is 4.70. The van der Waals surface area contributed by atoms with Gasteiger partial charge in [-0.25, -0.2) is 0 Å². The van der Waals surface area contributed by atoms with Gasteiger partial charge in [-0.1, -0.05) is 0 Å². The van der Waals surface area contributed by atoms with Crippen LogP contribution in [0.2, 0.25) is 0 Å². The normalized spacial score (nSPS) is 10.9. The van der Waals surface area contributed by atoms with Crippen LogP contribution < -0.4 is 20.8 Å². The molecule has 0 saturated carbocycles. The zero-order valence-electron chi connectivity index (χ0n) is 12.9. The molecular weight excluding hydrogens is 282 g/mol. The van der Waals surface area contributed by atoms with Crippen molar-refractivity contribution in [2.24, 2.45) is 5.10 Å². The highest BCUT2D eigenvalue weighted by Crippen LogP contribution is 2.27. The Morgan fingerprint density at radius 3 is 2.68 bits per heavy atom. The molecule has 2 rings (SSSR count). The molecule has 1 aromatic carbocycles. The van der Waals surface area contributed by atoms with Gasteiger partial charge in [0, 0.05) is 6.07 Å². The predicted octanol–water partition coefficient (Wildman–Crippen LogP) is 2.03. The topological polar surface area (TPSA) is 78.8 Å². The summed E-state index contributed by atoms with van der Waals surface area (Å²) in [6, 6.07) is 8.57. The van der Waals surface area contributed by atoms with E-state index in [9.17, 15) is 4.79 Å². The lowest BCUT2D eigenvalue weighted by atomic mass is 10.2. The molecular formula is C16H19N3O3. The van der Waals surface area contributed by atoms with E-state index >= 15 is 0 Å². The van der Waals surface area contributed by atoms with E-state index in [0.717, 1.165) is 15.8 Å². The van der Waals surface area contributed by atoms with Crippen LogP contribution in [-0.2, 0) is 0 Å². The number of nitrogens with two attached hydrogens (primary N) is 1. The van der Waals surface area contributed by atoms with E-state index in [0.29, 0.717) is 23.9 Å². The SMILES string of the molecule is CCOc1ccc(/C=N\n2c(N)cc(C)cc2=O)cc1OC. The van der Waals surface area contributed by atoms with Crippen molar-refractivity contribution in [3.63, 3.8) is 0 Å². The molecule has 0 amide bonds. The van der Waals surface area contributed by atoms with Crippen molar-refractivity contribution in [1.29, 1.82) is 0 Å². The lowest BCUT2D eigenvalue weighted by molar-refractivity contribution is 0.311. The van der Waals surface area contributed by atoms with Crippen LogP contribution in [0.25, 0.3) is 0 Å². The molecule has 0 aliphatic carbocycles.